The lowest BCUT2D eigenvalue weighted by Crippen LogP contribution is -2.63. The second-order valence-electron chi connectivity index (χ2n) is 5.65. The highest BCUT2D eigenvalue weighted by atomic mass is 127. The zero-order valence-corrected chi connectivity index (χ0v) is 16.3. The fourth-order valence-corrected chi connectivity index (χ4v) is 3.66. The molecule has 3 saturated heterocycles. The lowest BCUT2D eigenvalue weighted by Gasteiger charge is -2.47. The number of aliphatic imine (C=N–C) groups is 1. The van der Waals surface area contributed by atoms with Gasteiger partial charge in [0.05, 0.1) is 6.54 Å². The Kier molecular flexibility index (Phi) is 7.39. The fourth-order valence-electron chi connectivity index (χ4n) is 3.03. The molecule has 1 unspecified atom stereocenters. The van der Waals surface area contributed by atoms with Crippen molar-refractivity contribution in [2.75, 3.05) is 45.8 Å². The molecule has 2 N–H and O–H groups in total. The molecule has 3 fully saturated rings. The average molecular weight is 435 g/mol. The molecule has 3 aliphatic rings. The van der Waals surface area contributed by atoms with E-state index in [0.29, 0.717) is 6.04 Å². The lowest BCUT2D eigenvalue weighted by atomic mass is 10.1. The largest absolute Gasteiger partial charge is 0.357 e. The maximum atomic E-state index is 4.68. The Morgan fingerprint density at radius 2 is 2.14 bits per heavy atom. The van der Waals surface area contributed by atoms with Crippen LogP contribution in [0.25, 0.3) is 0 Å². The van der Waals surface area contributed by atoms with Gasteiger partial charge >= 0.3 is 0 Å². The molecule has 4 rings (SSSR count). The third kappa shape index (κ3) is 4.81. The molecule has 2 bridgehead atoms. The molecular formula is C15H26IN5S. The van der Waals surface area contributed by atoms with Crippen molar-refractivity contribution in [3.8, 4) is 0 Å². The summed E-state index contributed by atoms with van der Waals surface area (Å²) in [4.78, 5) is 11.2. The zero-order chi connectivity index (χ0) is 14.5. The molecule has 0 amide bonds. The van der Waals surface area contributed by atoms with E-state index in [-0.39, 0.29) is 24.0 Å². The molecule has 0 saturated carbocycles. The average Bonchev–Trinajstić information content (AvgIpc) is 3.05. The van der Waals surface area contributed by atoms with Crippen molar-refractivity contribution in [3.63, 3.8) is 0 Å². The van der Waals surface area contributed by atoms with Crippen LogP contribution in [0.15, 0.2) is 22.5 Å². The summed E-state index contributed by atoms with van der Waals surface area (Å²) in [6.45, 7) is 10.9. The Morgan fingerprint density at radius 3 is 2.73 bits per heavy atom. The second kappa shape index (κ2) is 9.05. The minimum Gasteiger partial charge on any atom is -0.357 e. The molecule has 3 aliphatic heterocycles. The van der Waals surface area contributed by atoms with Crippen molar-refractivity contribution in [1.82, 2.24) is 20.4 Å². The van der Waals surface area contributed by atoms with E-state index < -0.39 is 0 Å². The maximum absolute atomic E-state index is 4.68. The second-order valence-corrected chi connectivity index (χ2v) is 6.68. The first-order chi connectivity index (χ1) is 10.3. The molecule has 22 heavy (non-hydrogen) atoms. The van der Waals surface area contributed by atoms with Crippen LogP contribution in [0.4, 0.5) is 0 Å². The zero-order valence-electron chi connectivity index (χ0n) is 13.1. The highest BCUT2D eigenvalue weighted by Crippen LogP contribution is 2.14. The van der Waals surface area contributed by atoms with Gasteiger partial charge in [-0.1, -0.05) is 6.07 Å². The molecular weight excluding hydrogens is 409 g/mol. The van der Waals surface area contributed by atoms with Gasteiger partial charge in [-0.3, -0.25) is 9.80 Å². The minimum absolute atomic E-state index is 0. The van der Waals surface area contributed by atoms with E-state index in [1.54, 1.807) is 11.3 Å². The third-order valence-electron chi connectivity index (χ3n) is 4.21. The number of halogens is 1. The Labute approximate surface area is 154 Å². The van der Waals surface area contributed by atoms with E-state index in [0.717, 1.165) is 25.6 Å². The summed E-state index contributed by atoms with van der Waals surface area (Å²) in [7, 11) is 0. The molecule has 124 valence electrons. The van der Waals surface area contributed by atoms with Gasteiger partial charge in [0.2, 0.25) is 0 Å². The summed E-state index contributed by atoms with van der Waals surface area (Å²) < 4.78 is 0. The van der Waals surface area contributed by atoms with Crippen molar-refractivity contribution < 1.29 is 0 Å². The van der Waals surface area contributed by atoms with E-state index in [9.17, 15) is 0 Å². The summed E-state index contributed by atoms with van der Waals surface area (Å²) in [5.41, 5.74) is 0. The number of hydrogen-bond acceptors (Lipinski definition) is 4. The summed E-state index contributed by atoms with van der Waals surface area (Å²) in [5, 5.41) is 8.96. The normalized spacial score (nSPS) is 27.3. The van der Waals surface area contributed by atoms with Gasteiger partial charge in [-0.15, -0.1) is 35.3 Å². The van der Waals surface area contributed by atoms with Crippen LogP contribution in [0.5, 0.6) is 0 Å². The van der Waals surface area contributed by atoms with Gasteiger partial charge < -0.3 is 10.6 Å². The van der Waals surface area contributed by atoms with E-state index in [4.69, 9.17) is 0 Å². The molecule has 5 nitrogen and oxygen atoms in total. The monoisotopic (exact) mass is 435 g/mol. The van der Waals surface area contributed by atoms with Crippen LogP contribution < -0.4 is 10.6 Å². The van der Waals surface area contributed by atoms with Crippen LogP contribution >= 0.6 is 35.3 Å². The number of nitrogens with zero attached hydrogens (tertiary/aromatic N) is 3. The maximum Gasteiger partial charge on any atom is 0.191 e. The van der Waals surface area contributed by atoms with Gasteiger partial charge in [0.15, 0.2) is 5.96 Å². The van der Waals surface area contributed by atoms with E-state index in [1.807, 2.05) is 0 Å². The quantitative estimate of drug-likeness (QED) is 0.417. The number of thiophene rings is 1. The van der Waals surface area contributed by atoms with Crippen LogP contribution in [0.1, 0.15) is 11.8 Å². The Bertz CT molecular complexity index is 457. The first-order valence-corrected chi connectivity index (χ1v) is 8.74. The molecule has 0 radical (unpaired) electrons. The highest BCUT2D eigenvalue weighted by molar-refractivity contribution is 14.0. The van der Waals surface area contributed by atoms with Crippen molar-refractivity contribution in [2.45, 2.75) is 19.5 Å². The van der Waals surface area contributed by atoms with Crippen molar-refractivity contribution >= 4 is 41.3 Å². The number of nitrogens with one attached hydrogen (secondary N) is 2. The van der Waals surface area contributed by atoms with Crippen LogP contribution in [0.3, 0.4) is 0 Å². The van der Waals surface area contributed by atoms with Crippen LogP contribution in [0, 0.1) is 0 Å². The summed E-state index contributed by atoms with van der Waals surface area (Å²) >= 11 is 1.76. The smallest absolute Gasteiger partial charge is 0.191 e. The Morgan fingerprint density at radius 1 is 1.32 bits per heavy atom. The summed E-state index contributed by atoms with van der Waals surface area (Å²) in [5.74, 6) is 0.934. The number of guanidine groups is 1. The van der Waals surface area contributed by atoms with Crippen molar-refractivity contribution in [3.05, 3.63) is 22.4 Å². The van der Waals surface area contributed by atoms with Crippen LogP contribution in [0.2, 0.25) is 0 Å². The van der Waals surface area contributed by atoms with Gasteiger partial charge in [0.1, 0.15) is 0 Å². The Hall–Kier alpha value is -0.380. The molecule has 4 heterocycles. The molecule has 1 aromatic heterocycles. The van der Waals surface area contributed by atoms with Crippen molar-refractivity contribution in [2.24, 2.45) is 4.99 Å². The highest BCUT2D eigenvalue weighted by Gasteiger charge is 2.31. The molecule has 0 aromatic carbocycles. The number of rotatable bonds is 5. The first-order valence-electron chi connectivity index (χ1n) is 7.86. The predicted octanol–water partition coefficient (Wildman–Crippen LogP) is 1.42. The van der Waals surface area contributed by atoms with Gasteiger partial charge in [0.25, 0.3) is 0 Å². The Balaban J connectivity index is 0.00000176. The molecule has 0 aliphatic carbocycles. The summed E-state index contributed by atoms with van der Waals surface area (Å²) in [6.07, 6.45) is 0. The summed E-state index contributed by atoms with van der Waals surface area (Å²) in [6, 6.07) is 4.84. The first kappa shape index (κ1) is 18.0. The standard InChI is InChI=1S/C15H25N5S.HI/c1-2-16-15(18-11-14-4-3-9-21-14)17-10-13-12-19-5-7-20(13)8-6-19;/h3-4,9,13H,2,5-8,10-12H2,1H3,(H2,16,17,18);1H. The van der Waals surface area contributed by atoms with Crippen molar-refractivity contribution in [1.29, 1.82) is 0 Å². The number of fused-ring (bicyclic) bond motifs is 3. The fraction of sp³-hybridized carbons (Fsp3) is 0.667. The SMILES string of the molecule is CCNC(=NCc1cccs1)NCC1CN2CCN1CC2.I. The molecule has 1 atom stereocenters. The topological polar surface area (TPSA) is 42.9 Å². The predicted molar refractivity (Wildman–Crippen MR) is 104 cm³/mol. The van der Waals surface area contributed by atoms with Gasteiger partial charge in [-0.05, 0) is 18.4 Å². The minimum atomic E-state index is 0. The van der Waals surface area contributed by atoms with E-state index in [1.165, 1.54) is 37.6 Å². The van der Waals surface area contributed by atoms with Gasteiger partial charge in [-0.25, -0.2) is 4.99 Å². The van der Waals surface area contributed by atoms with Gasteiger partial charge in [-0.2, -0.15) is 0 Å². The van der Waals surface area contributed by atoms with Crippen LogP contribution in [-0.4, -0.2) is 67.6 Å². The number of hydrogen-bond donors (Lipinski definition) is 2. The van der Waals surface area contributed by atoms with Gasteiger partial charge in [0, 0.05) is 56.7 Å². The van der Waals surface area contributed by atoms with E-state index >= 15 is 0 Å². The molecule has 7 heteroatoms. The third-order valence-corrected chi connectivity index (χ3v) is 5.08. The molecule has 0 spiro atoms. The van der Waals surface area contributed by atoms with E-state index in [2.05, 4.69) is 49.9 Å². The lowest BCUT2D eigenvalue weighted by molar-refractivity contribution is 0.0154. The molecule has 1 aromatic rings. The van der Waals surface area contributed by atoms with Crippen LogP contribution in [-0.2, 0) is 6.54 Å². The number of piperazine rings is 3.